The summed E-state index contributed by atoms with van der Waals surface area (Å²) in [6, 6.07) is -14.2. The summed E-state index contributed by atoms with van der Waals surface area (Å²) in [6.45, 7) is -4.11. The molecule has 0 fully saturated rings. The largest absolute Gasteiger partial charge is 0.460 e. The molecule has 0 spiro atoms. The second-order valence-corrected chi connectivity index (χ2v) is 11.3. The molecule has 0 radical (unpaired) electrons. The summed E-state index contributed by atoms with van der Waals surface area (Å²) in [4.78, 5) is 0. The average Bonchev–Trinajstić information content (AvgIpc) is 2.99. The number of alkyl halides is 34. The van der Waals surface area contributed by atoms with Crippen molar-refractivity contribution in [3.8, 4) is 0 Å². The molecule has 0 rings (SSSR count). The van der Waals surface area contributed by atoms with Gasteiger partial charge in [0.1, 0.15) is 0 Å². The molecule has 36 heteroatoms. The maximum atomic E-state index is 13.8. The topological polar surface area (TPSA) is 24.1 Å². The van der Waals surface area contributed by atoms with Crippen LogP contribution in [0.2, 0.25) is 0 Å². The molecule has 0 atom stereocenters. The quantitative estimate of drug-likeness (QED) is 0.0681. The van der Waals surface area contributed by atoms with E-state index in [0.717, 1.165) is 0 Å². The minimum Gasteiger partial charge on any atom is -0.253 e. The summed E-state index contributed by atoms with van der Waals surface area (Å²) in [6.07, 6.45) is -21.0. The Morgan fingerprint density at radius 3 is 0.517 bits per heavy atom. The number of nitrogens with one attached hydrogen (secondary N) is 2. The predicted molar refractivity (Wildman–Crippen MR) is 116 cm³/mol. The number of hydrogen-bond donors (Lipinski definition) is 2. The van der Waals surface area contributed by atoms with Crippen LogP contribution in [-0.4, -0.2) is 109 Å². The molecule has 2 nitrogen and oxygen atoms in total. The first-order valence-electron chi connectivity index (χ1n) is 13.6. The van der Waals surface area contributed by atoms with Gasteiger partial charge in [-0.25, -0.2) is 0 Å². The van der Waals surface area contributed by atoms with E-state index in [-0.39, 0.29) is 10.6 Å². The highest BCUT2D eigenvalue weighted by Gasteiger charge is 2.97. The Balaban J connectivity index is 5.80. The monoisotopic (exact) mass is 952 g/mol. The highest BCUT2D eigenvalue weighted by Crippen LogP contribution is 2.65. The van der Waals surface area contributed by atoms with Gasteiger partial charge in [0, 0.05) is 13.1 Å². The molecule has 0 unspecified atom stereocenters. The third-order valence-electron chi connectivity index (χ3n) is 7.24. The predicted octanol–water partition coefficient (Wildman–Crippen LogP) is 11.7. The summed E-state index contributed by atoms with van der Waals surface area (Å²) in [5, 5.41) is -0.284. The van der Waals surface area contributed by atoms with Gasteiger partial charge in [-0.1, -0.05) is 12.8 Å². The smallest absolute Gasteiger partial charge is 0.253 e. The van der Waals surface area contributed by atoms with Crippen molar-refractivity contribution in [2.75, 3.05) is 13.1 Å². The number of hydrogen-bond acceptors (Lipinski definition) is 2. The van der Waals surface area contributed by atoms with E-state index in [0.29, 0.717) is 0 Å². The van der Waals surface area contributed by atoms with E-state index in [1.54, 1.807) is 0 Å². The maximum Gasteiger partial charge on any atom is 0.460 e. The standard InChI is InChI=1S/C22H14F34N2/c23-7(24,11(31,32)15(39,40)19(47,48)49)9(27,28)13(35,36)17(43,44)21(53,54)57-5-3-1-2-4-6-58-22(55,56)18(45,46)14(37,38)10(29,30)8(25,26)12(33,34)16(41,42)20(50,51)52/h57-58H,1-6H2. The van der Waals surface area contributed by atoms with Gasteiger partial charge >= 0.3 is 95.5 Å². The molecule has 0 saturated heterocycles. The van der Waals surface area contributed by atoms with Gasteiger partial charge < -0.3 is 0 Å². The first-order chi connectivity index (χ1) is 24.7. The lowest BCUT2D eigenvalue weighted by molar-refractivity contribution is -0.462. The van der Waals surface area contributed by atoms with Gasteiger partial charge in [-0.2, -0.15) is 149 Å². The van der Waals surface area contributed by atoms with Gasteiger partial charge in [0.05, 0.1) is 0 Å². The Bertz CT molecular complexity index is 1280. The molecule has 0 saturated carbocycles. The van der Waals surface area contributed by atoms with Crippen LogP contribution in [0.1, 0.15) is 25.7 Å². The second kappa shape index (κ2) is 15.2. The molecule has 0 aliphatic rings. The summed E-state index contributed by atoms with van der Waals surface area (Å²) >= 11 is 0. The van der Waals surface area contributed by atoms with Crippen molar-refractivity contribution in [2.24, 2.45) is 0 Å². The van der Waals surface area contributed by atoms with E-state index in [9.17, 15) is 149 Å². The Labute approximate surface area is 295 Å². The van der Waals surface area contributed by atoms with Crippen molar-refractivity contribution in [3.63, 3.8) is 0 Å². The fraction of sp³-hybridized carbons (Fsp3) is 1.00. The Morgan fingerprint density at radius 1 is 0.190 bits per heavy atom. The van der Waals surface area contributed by atoms with E-state index < -0.39 is 134 Å². The summed E-state index contributed by atoms with van der Waals surface area (Å²) in [5.74, 6) is -104. The van der Waals surface area contributed by atoms with Gasteiger partial charge in [0.25, 0.3) is 0 Å². The third-order valence-corrected chi connectivity index (χ3v) is 7.24. The zero-order chi connectivity index (χ0) is 47.7. The molecule has 58 heavy (non-hydrogen) atoms. The number of rotatable bonds is 21. The first kappa shape index (κ1) is 55.5. The van der Waals surface area contributed by atoms with Crippen LogP contribution < -0.4 is 10.6 Å². The third kappa shape index (κ3) is 7.93. The molecule has 0 bridgehead atoms. The van der Waals surface area contributed by atoms with Crippen LogP contribution in [0.15, 0.2) is 0 Å². The van der Waals surface area contributed by atoms with Crippen LogP contribution >= 0.6 is 0 Å². The summed E-state index contributed by atoms with van der Waals surface area (Å²) in [5.41, 5.74) is 0. The summed E-state index contributed by atoms with van der Waals surface area (Å²) in [7, 11) is 0. The van der Waals surface area contributed by atoms with Crippen LogP contribution in [0.3, 0.4) is 0 Å². The van der Waals surface area contributed by atoms with Crippen molar-refractivity contribution in [1.82, 2.24) is 10.6 Å². The van der Waals surface area contributed by atoms with Crippen LogP contribution in [0.25, 0.3) is 0 Å². The lowest BCUT2D eigenvalue weighted by atomic mass is 9.90. The molecule has 0 amide bonds. The van der Waals surface area contributed by atoms with Crippen molar-refractivity contribution in [3.05, 3.63) is 0 Å². The van der Waals surface area contributed by atoms with Crippen molar-refractivity contribution >= 4 is 0 Å². The molecule has 0 aliphatic carbocycles. The van der Waals surface area contributed by atoms with E-state index in [4.69, 9.17) is 0 Å². The lowest BCUT2D eigenvalue weighted by Crippen LogP contribution is -2.75. The fourth-order valence-corrected chi connectivity index (χ4v) is 3.64. The number of halogens is 34. The lowest BCUT2D eigenvalue weighted by Gasteiger charge is -2.42. The van der Waals surface area contributed by atoms with E-state index in [1.807, 2.05) is 0 Å². The molecular formula is C22H14F34N2. The minimum atomic E-state index is -8.94. The molecule has 2 N–H and O–H groups in total. The molecule has 350 valence electrons. The fourth-order valence-electron chi connectivity index (χ4n) is 3.64. The van der Waals surface area contributed by atoms with Crippen LogP contribution in [0, 0.1) is 0 Å². The SMILES string of the molecule is FC(F)(F)C(F)(F)C(F)(F)C(F)(F)C(F)(F)C(F)(F)C(F)(F)C(F)(F)NCCCCCCNC(F)(F)C(F)(F)C(F)(F)C(F)(F)C(F)(F)C(F)(F)C(F)(F)C(F)(F)F. The Hall–Kier alpha value is -2.46. The van der Waals surface area contributed by atoms with Gasteiger partial charge in [0.15, 0.2) is 0 Å². The second-order valence-electron chi connectivity index (χ2n) is 11.3. The van der Waals surface area contributed by atoms with E-state index in [1.165, 1.54) is 0 Å². The van der Waals surface area contributed by atoms with Crippen molar-refractivity contribution < 1.29 is 149 Å². The van der Waals surface area contributed by atoms with Gasteiger partial charge in [-0.3, -0.25) is 10.6 Å². The minimum absolute atomic E-state index is 0.142. The Kier molecular flexibility index (Phi) is 14.5. The molecular weight excluding hydrogens is 938 g/mol. The molecule has 0 aliphatic heterocycles. The van der Waals surface area contributed by atoms with Crippen LogP contribution in [0.4, 0.5) is 149 Å². The molecule has 0 aromatic rings. The number of unbranched alkanes of at least 4 members (excludes halogenated alkanes) is 3. The average molecular weight is 952 g/mol. The van der Waals surface area contributed by atoms with Crippen molar-refractivity contribution in [1.29, 1.82) is 0 Å². The van der Waals surface area contributed by atoms with E-state index >= 15 is 0 Å². The zero-order valence-electron chi connectivity index (χ0n) is 26.1. The maximum absolute atomic E-state index is 13.8. The molecule has 0 aromatic carbocycles. The molecule has 0 heterocycles. The van der Waals surface area contributed by atoms with Crippen LogP contribution in [-0.2, 0) is 0 Å². The Morgan fingerprint density at radius 2 is 0.345 bits per heavy atom. The van der Waals surface area contributed by atoms with Gasteiger partial charge in [-0.05, 0) is 12.8 Å². The molecule has 0 aromatic heterocycles. The zero-order valence-corrected chi connectivity index (χ0v) is 26.1. The van der Waals surface area contributed by atoms with E-state index in [2.05, 4.69) is 0 Å². The van der Waals surface area contributed by atoms with Gasteiger partial charge in [0.2, 0.25) is 0 Å². The normalized spacial score (nSPS) is 16.7. The highest BCUT2D eigenvalue weighted by molar-refractivity contribution is 5.16. The van der Waals surface area contributed by atoms with Crippen LogP contribution in [0.5, 0.6) is 0 Å². The first-order valence-corrected chi connectivity index (χ1v) is 13.6. The highest BCUT2D eigenvalue weighted by atomic mass is 19.4. The van der Waals surface area contributed by atoms with Gasteiger partial charge in [-0.15, -0.1) is 0 Å². The summed E-state index contributed by atoms with van der Waals surface area (Å²) < 4.78 is 449. The van der Waals surface area contributed by atoms with Crippen molar-refractivity contribution in [2.45, 2.75) is 121 Å².